The topological polar surface area (TPSA) is 37.3 Å². The molecule has 0 amide bonds. The lowest BCUT2D eigenvalue weighted by atomic mass is 9.96. The molecule has 0 bridgehead atoms. The Morgan fingerprint density at radius 3 is 2.11 bits per heavy atom. The van der Waals surface area contributed by atoms with Crippen LogP contribution in [0.1, 0.15) is 33.0 Å². The van der Waals surface area contributed by atoms with E-state index in [0.717, 1.165) is 18.2 Å². The molecule has 10 heteroatoms. The molecule has 28 heavy (non-hydrogen) atoms. The highest BCUT2D eigenvalue weighted by atomic mass is 79.9. The van der Waals surface area contributed by atoms with E-state index in [1.165, 1.54) is 18.2 Å². The van der Waals surface area contributed by atoms with Gasteiger partial charge >= 0.3 is 18.3 Å². The Kier molecular flexibility index (Phi) is 6.65. The van der Waals surface area contributed by atoms with Gasteiger partial charge in [-0.15, -0.1) is 0 Å². The summed E-state index contributed by atoms with van der Waals surface area (Å²) in [5.41, 5.74) is -2.73. The van der Waals surface area contributed by atoms with Gasteiger partial charge in [-0.3, -0.25) is 0 Å². The first kappa shape index (κ1) is 22.5. The third kappa shape index (κ3) is 5.38. The van der Waals surface area contributed by atoms with E-state index in [-0.39, 0.29) is 11.1 Å². The van der Waals surface area contributed by atoms with Gasteiger partial charge in [-0.1, -0.05) is 24.3 Å². The molecule has 2 nitrogen and oxygen atoms in total. The third-order valence-electron chi connectivity index (χ3n) is 3.72. The van der Waals surface area contributed by atoms with Crippen molar-refractivity contribution < 1.29 is 36.2 Å². The predicted molar refractivity (Wildman–Crippen MR) is 98.1 cm³/mol. The highest BCUT2D eigenvalue weighted by Gasteiger charge is 2.39. The lowest BCUT2D eigenvalue weighted by Gasteiger charge is -2.18. The van der Waals surface area contributed by atoms with E-state index in [1.54, 1.807) is 0 Å². The van der Waals surface area contributed by atoms with Crippen molar-refractivity contribution in [3.63, 3.8) is 0 Å². The van der Waals surface area contributed by atoms with Crippen LogP contribution in [0.3, 0.4) is 0 Å². The van der Waals surface area contributed by atoms with Crippen molar-refractivity contribution in [3.8, 4) is 0 Å². The van der Waals surface area contributed by atoms with Crippen LogP contribution >= 0.6 is 31.9 Å². The molecule has 0 aliphatic carbocycles. The van der Waals surface area contributed by atoms with Crippen LogP contribution < -0.4 is 0 Å². The maximum Gasteiger partial charge on any atom is 0.417 e. The molecule has 0 aliphatic rings. The second-order valence-electron chi connectivity index (χ2n) is 5.66. The number of carboxylic acid groups (broad SMARTS) is 1. The van der Waals surface area contributed by atoms with E-state index in [2.05, 4.69) is 31.9 Å². The SMILES string of the molecule is O=C(O)c1ccc(C=CC(c2ccc(Br)c(Br)c2)C(F)(F)F)cc1C(F)(F)F. The Morgan fingerprint density at radius 1 is 0.964 bits per heavy atom. The number of alkyl halides is 6. The zero-order valence-corrected chi connectivity index (χ0v) is 16.7. The van der Waals surface area contributed by atoms with Crippen LogP contribution in [0.15, 0.2) is 51.4 Å². The first-order chi connectivity index (χ1) is 12.8. The predicted octanol–water partition coefficient (Wildman–Crippen LogP) is 7.29. The number of hydrogen-bond acceptors (Lipinski definition) is 1. The van der Waals surface area contributed by atoms with Crippen LogP contribution in [-0.4, -0.2) is 17.3 Å². The fourth-order valence-electron chi connectivity index (χ4n) is 2.41. The molecule has 0 aliphatic heterocycles. The quantitative estimate of drug-likeness (QED) is 0.421. The van der Waals surface area contributed by atoms with E-state index in [0.29, 0.717) is 21.1 Å². The summed E-state index contributed by atoms with van der Waals surface area (Å²) in [6.07, 6.45) is -8.03. The highest BCUT2D eigenvalue weighted by Crippen LogP contribution is 2.39. The van der Waals surface area contributed by atoms with Crippen molar-refractivity contribution in [1.82, 2.24) is 0 Å². The van der Waals surface area contributed by atoms with Gasteiger partial charge < -0.3 is 5.11 Å². The van der Waals surface area contributed by atoms with Gasteiger partial charge in [0.1, 0.15) is 0 Å². The Labute approximate surface area is 172 Å². The van der Waals surface area contributed by atoms with E-state index < -0.39 is 35.4 Å². The Bertz CT molecular complexity index is 919. The zero-order chi connectivity index (χ0) is 21.3. The van der Waals surface area contributed by atoms with Crippen molar-refractivity contribution in [1.29, 1.82) is 0 Å². The Morgan fingerprint density at radius 2 is 1.61 bits per heavy atom. The van der Waals surface area contributed by atoms with Gasteiger partial charge in [0.15, 0.2) is 0 Å². The molecule has 1 unspecified atom stereocenters. The van der Waals surface area contributed by atoms with Gasteiger partial charge in [-0.05, 0) is 67.3 Å². The van der Waals surface area contributed by atoms with Gasteiger partial charge in [-0.25, -0.2) is 4.79 Å². The summed E-state index contributed by atoms with van der Waals surface area (Å²) in [5, 5.41) is 8.87. The molecule has 0 aromatic heterocycles. The summed E-state index contributed by atoms with van der Waals surface area (Å²) in [6, 6.07) is 6.14. The number of hydrogen-bond donors (Lipinski definition) is 1. The van der Waals surface area contributed by atoms with Crippen LogP contribution in [0.5, 0.6) is 0 Å². The summed E-state index contributed by atoms with van der Waals surface area (Å²) in [5.74, 6) is -3.85. The molecular formula is C18H10Br2F6O2. The van der Waals surface area contributed by atoms with E-state index >= 15 is 0 Å². The van der Waals surface area contributed by atoms with E-state index in [1.807, 2.05) is 0 Å². The van der Waals surface area contributed by atoms with Crippen molar-refractivity contribution in [2.24, 2.45) is 0 Å². The minimum Gasteiger partial charge on any atom is -0.478 e. The van der Waals surface area contributed by atoms with Gasteiger partial charge in [0.25, 0.3) is 0 Å². The monoisotopic (exact) mass is 530 g/mol. The normalized spacial score (nSPS) is 13.7. The Hall–Kier alpha value is -1.81. The van der Waals surface area contributed by atoms with Crippen LogP contribution in [-0.2, 0) is 6.18 Å². The number of carbonyl (C=O) groups is 1. The van der Waals surface area contributed by atoms with Gasteiger partial charge in [0.05, 0.1) is 17.0 Å². The molecule has 0 heterocycles. The smallest absolute Gasteiger partial charge is 0.417 e. The van der Waals surface area contributed by atoms with E-state index in [4.69, 9.17) is 5.11 Å². The van der Waals surface area contributed by atoms with E-state index in [9.17, 15) is 31.1 Å². The number of aromatic carboxylic acids is 1. The average Bonchev–Trinajstić information content (AvgIpc) is 2.56. The van der Waals surface area contributed by atoms with Crippen molar-refractivity contribution in [3.05, 3.63) is 73.7 Å². The average molecular weight is 532 g/mol. The van der Waals surface area contributed by atoms with Crippen molar-refractivity contribution in [2.75, 3.05) is 0 Å². The second kappa shape index (κ2) is 8.28. The molecule has 150 valence electrons. The summed E-state index contributed by atoms with van der Waals surface area (Å²) in [7, 11) is 0. The maximum atomic E-state index is 13.4. The molecule has 1 N–H and O–H groups in total. The lowest BCUT2D eigenvalue weighted by Crippen LogP contribution is -2.19. The summed E-state index contributed by atoms with van der Waals surface area (Å²) < 4.78 is 80.4. The number of rotatable bonds is 4. The third-order valence-corrected chi connectivity index (χ3v) is 5.60. The molecule has 2 aromatic carbocycles. The summed E-state index contributed by atoms with van der Waals surface area (Å²) in [6.45, 7) is 0. The first-order valence-electron chi connectivity index (χ1n) is 7.45. The fraction of sp³-hybridized carbons (Fsp3) is 0.167. The van der Waals surface area contributed by atoms with Crippen LogP contribution in [0.4, 0.5) is 26.3 Å². The molecule has 0 spiro atoms. The number of carboxylic acids is 1. The van der Waals surface area contributed by atoms with Gasteiger partial charge in [0, 0.05) is 8.95 Å². The standard InChI is InChI=1S/C18H10Br2F6O2/c19-14-6-3-10(8-15(14)20)12(17(21,22)23)5-2-9-1-4-11(16(27)28)13(7-9)18(24,25)26/h1-8,12H,(H,27,28). The summed E-state index contributed by atoms with van der Waals surface area (Å²) >= 11 is 6.26. The molecule has 0 radical (unpaired) electrons. The number of benzene rings is 2. The van der Waals surface area contributed by atoms with Crippen molar-refractivity contribution in [2.45, 2.75) is 18.3 Å². The minimum atomic E-state index is -4.96. The second-order valence-corrected chi connectivity index (χ2v) is 7.37. The zero-order valence-electron chi connectivity index (χ0n) is 13.6. The van der Waals surface area contributed by atoms with Crippen LogP contribution in [0, 0.1) is 0 Å². The highest BCUT2D eigenvalue weighted by molar-refractivity contribution is 9.13. The summed E-state index contributed by atoms with van der Waals surface area (Å²) in [4.78, 5) is 10.9. The first-order valence-corrected chi connectivity index (χ1v) is 9.03. The lowest BCUT2D eigenvalue weighted by molar-refractivity contribution is -0.139. The van der Waals surface area contributed by atoms with Crippen molar-refractivity contribution >= 4 is 43.9 Å². The minimum absolute atomic E-state index is 0.114. The van der Waals surface area contributed by atoms with Gasteiger partial charge in [0.2, 0.25) is 0 Å². The molecule has 2 rings (SSSR count). The Balaban J connectivity index is 2.48. The maximum absolute atomic E-state index is 13.4. The fourth-order valence-corrected chi connectivity index (χ4v) is 3.05. The molecule has 0 saturated carbocycles. The number of allylic oxidation sites excluding steroid dienone is 1. The molecule has 0 fully saturated rings. The van der Waals surface area contributed by atoms with Crippen LogP contribution in [0.25, 0.3) is 6.08 Å². The molecule has 2 aromatic rings. The molecule has 1 atom stereocenters. The molecular weight excluding hydrogens is 522 g/mol. The van der Waals surface area contributed by atoms with Crippen LogP contribution in [0.2, 0.25) is 0 Å². The largest absolute Gasteiger partial charge is 0.478 e. The molecule has 0 saturated heterocycles. The van der Waals surface area contributed by atoms with Gasteiger partial charge in [-0.2, -0.15) is 26.3 Å². The number of halogens is 8.